The van der Waals surface area contributed by atoms with Gasteiger partial charge in [0.15, 0.2) is 12.4 Å². The smallest absolute Gasteiger partial charge is 0.306 e. The lowest BCUT2D eigenvalue weighted by molar-refractivity contribution is -0.297. The van der Waals surface area contributed by atoms with Crippen LogP contribution < -0.4 is 0 Å². The third-order valence-electron chi connectivity index (χ3n) is 9.10. The Balaban J connectivity index is 2.52. The molecule has 0 aromatic heterocycles. The molecule has 300 valence electrons. The van der Waals surface area contributed by atoms with Crippen molar-refractivity contribution in [3.63, 3.8) is 0 Å². The lowest BCUT2D eigenvalue weighted by Crippen LogP contribution is -2.60. The molecule has 1 aliphatic heterocycles. The van der Waals surface area contributed by atoms with Gasteiger partial charge in [-0.2, -0.15) is 8.42 Å². The normalized spacial score (nSPS) is 21.6. The Bertz CT molecular complexity index is 1020. The minimum Gasteiger partial charge on any atom is -0.462 e. The summed E-state index contributed by atoms with van der Waals surface area (Å²) in [6.45, 7) is 3.69. The molecule has 0 saturated carbocycles. The molecular weight excluding hydrogens is 680 g/mol. The van der Waals surface area contributed by atoms with Crippen LogP contribution in [0.25, 0.3) is 0 Å². The van der Waals surface area contributed by atoms with Crippen molar-refractivity contribution < 1.29 is 56.8 Å². The van der Waals surface area contributed by atoms with E-state index in [1.54, 1.807) is 0 Å². The average molecular weight is 751 g/mol. The number of hydrogen-bond acceptors (Lipinski definition) is 11. The Morgan fingerprint density at radius 2 is 1.12 bits per heavy atom. The van der Waals surface area contributed by atoms with Gasteiger partial charge in [-0.05, 0) is 38.5 Å². The van der Waals surface area contributed by atoms with Crippen molar-refractivity contribution in [3.05, 3.63) is 12.2 Å². The summed E-state index contributed by atoms with van der Waals surface area (Å²) < 4.78 is 53.8. The average Bonchev–Trinajstić information content (AvgIpc) is 3.09. The largest absolute Gasteiger partial charge is 0.462 e. The number of carbonyl (C=O) groups is 2. The predicted molar refractivity (Wildman–Crippen MR) is 197 cm³/mol. The fourth-order valence-electron chi connectivity index (χ4n) is 5.96. The van der Waals surface area contributed by atoms with Crippen molar-refractivity contribution in [2.24, 2.45) is 0 Å². The third-order valence-corrected chi connectivity index (χ3v) is 9.85. The Labute approximate surface area is 307 Å². The first-order valence-corrected chi connectivity index (χ1v) is 21.4. The summed E-state index contributed by atoms with van der Waals surface area (Å²) in [6.07, 6.45) is 18.5. The molecule has 0 aliphatic carbocycles. The Kier molecular flexibility index (Phi) is 27.7. The standard InChI is InChI=1S/C38H70O12S/c1-3-5-7-9-11-13-14-15-16-17-19-21-23-25-27-34(40)49-31(28-47-33(39)26-24-22-20-18-12-10-8-6-4-2)29-48-38-37(43)36(42)35(41)32(50-38)30-51(44,45)46/h14-15,31-32,35-38,41-43H,3-13,16-30H2,1-2H3,(H,44,45,46)/b15-14-. The fraction of sp³-hybridized carbons (Fsp3) is 0.895. The van der Waals surface area contributed by atoms with E-state index >= 15 is 0 Å². The van der Waals surface area contributed by atoms with Gasteiger partial charge >= 0.3 is 11.9 Å². The number of esters is 2. The molecule has 0 spiro atoms. The Hall–Kier alpha value is -1.61. The van der Waals surface area contributed by atoms with Crippen LogP contribution in [0.5, 0.6) is 0 Å². The molecule has 1 saturated heterocycles. The molecule has 6 atom stereocenters. The summed E-state index contributed by atoms with van der Waals surface area (Å²) in [7, 11) is -4.59. The molecule has 0 radical (unpaired) electrons. The molecule has 0 amide bonds. The van der Waals surface area contributed by atoms with Gasteiger partial charge in [-0.15, -0.1) is 0 Å². The first-order valence-electron chi connectivity index (χ1n) is 19.7. The highest BCUT2D eigenvalue weighted by atomic mass is 32.2. The molecule has 4 N–H and O–H groups in total. The van der Waals surface area contributed by atoms with Crippen molar-refractivity contribution >= 4 is 22.1 Å². The van der Waals surface area contributed by atoms with Crippen molar-refractivity contribution in [2.75, 3.05) is 19.0 Å². The Morgan fingerprint density at radius 3 is 1.63 bits per heavy atom. The molecule has 0 bridgehead atoms. The van der Waals surface area contributed by atoms with Gasteiger partial charge < -0.3 is 34.3 Å². The maximum atomic E-state index is 12.7. The van der Waals surface area contributed by atoms with E-state index in [2.05, 4.69) is 26.0 Å². The van der Waals surface area contributed by atoms with E-state index in [9.17, 15) is 37.9 Å². The number of rotatable bonds is 32. The lowest BCUT2D eigenvalue weighted by Gasteiger charge is -2.40. The number of hydrogen-bond donors (Lipinski definition) is 4. The molecule has 0 aromatic carbocycles. The summed E-state index contributed by atoms with van der Waals surface area (Å²) in [4.78, 5) is 25.2. The molecule has 12 nitrogen and oxygen atoms in total. The van der Waals surface area contributed by atoms with Crippen LogP contribution in [0, 0.1) is 0 Å². The minimum atomic E-state index is -4.59. The number of allylic oxidation sites excluding steroid dienone is 2. The zero-order valence-corrected chi connectivity index (χ0v) is 32.3. The van der Waals surface area contributed by atoms with Gasteiger partial charge in [-0.3, -0.25) is 14.1 Å². The van der Waals surface area contributed by atoms with Crippen LogP contribution in [0.3, 0.4) is 0 Å². The van der Waals surface area contributed by atoms with Gasteiger partial charge in [-0.25, -0.2) is 0 Å². The zero-order valence-electron chi connectivity index (χ0n) is 31.5. The Morgan fingerprint density at radius 1 is 0.647 bits per heavy atom. The highest BCUT2D eigenvalue weighted by Crippen LogP contribution is 2.24. The summed E-state index contributed by atoms with van der Waals surface area (Å²) in [6, 6.07) is 0. The van der Waals surface area contributed by atoms with E-state index in [4.69, 9.17) is 18.9 Å². The van der Waals surface area contributed by atoms with Gasteiger partial charge in [-0.1, -0.05) is 122 Å². The van der Waals surface area contributed by atoms with E-state index in [0.29, 0.717) is 12.8 Å². The van der Waals surface area contributed by atoms with Crippen molar-refractivity contribution in [1.82, 2.24) is 0 Å². The lowest BCUT2D eigenvalue weighted by atomic mass is 10.00. The molecule has 6 unspecified atom stereocenters. The van der Waals surface area contributed by atoms with Crippen LogP contribution in [0.1, 0.15) is 162 Å². The van der Waals surface area contributed by atoms with Crippen LogP contribution in [0.2, 0.25) is 0 Å². The number of aliphatic hydroxyl groups is 3. The number of carbonyl (C=O) groups excluding carboxylic acids is 2. The molecule has 1 rings (SSSR count). The second-order valence-corrected chi connectivity index (χ2v) is 15.4. The van der Waals surface area contributed by atoms with Crippen LogP contribution in [-0.4, -0.2) is 96.0 Å². The van der Waals surface area contributed by atoms with Crippen LogP contribution >= 0.6 is 0 Å². The monoisotopic (exact) mass is 750 g/mol. The van der Waals surface area contributed by atoms with Crippen molar-refractivity contribution in [1.29, 1.82) is 0 Å². The van der Waals surface area contributed by atoms with E-state index in [0.717, 1.165) is 57.8 Å². The molecule has 1 fully saturated rings. The molecule has 0 aromatic rings. The third kappa shape index (κ3) is 25.1. The van der Waals surface area contributed by atoms with Crippen LogP contribution in [0.15, 0.2) is 12.2 Å². The van der Waals surface area contributed by atoms with Crippen molar-refractivity contribution in [2.45, 2.75) is 198 Å². The second kappa shape index (κ2) is 29.8. The van der Waals surface area contributed by atoms with Crippen molar-refractivity contribution in [3.8, 4) is 0 Å². The number of ether oxygens (including phenoxy) is 4. The summed E-state index contributed by atoms with van der Waals surface area (Å²) >= 11 is 0. The number of aliphatic hydroxyl groups excluding tert-OH is 3. The maximum absolute atomic E-state index is 12.7. The van der Waals surface area contributed by atoms with Gasteiger partial charge in [0.25, 0.3) is 10.1 Å². The van der Waals surface area contributed by atoms with E-state index in [1.165, 1.54) is 64.2 Å². The molecule has 13 heteroatoms. The van der Waals surface area contributed by atoms with E-state index in [-0.39, 0.29) is 19.4 Å². The van der Waals surface area contributed by atoms with Crippen LogP contribution in [0.4, 0.5) is 0 Å². The molecule has 1 aliphatic rings. The van der Waals surface area contributed by atoms with Gasteiger partial charge in [0.05, 0.1) is 6.61 Å². The maximum Gasteiger partial charge on any atom is 0.306 e. The molecular formula is C38H70O12S. The first-order chi connectivity index (χ1) is 24.5. The number of unbranched alkanes of at least 4 members (excludes halogenated alkanes) is 18. The minimum absolute atomic E-state index is 0.157. The first kappa shape index (κ1) is 47.4. The second-order valence-electron chi connectivity index (χ2n) is 14.0. The van der Waals surface area contributed by atoms with Gasteiger partial charge in [0.1, 0.15) is 36.8 Å². The van der Waals surface area contributed by atoms with Gasteiger partial charge in [0.2, 0.25) is 0 Å². The molecule has 51 heavy (non-hydrogen) atoms. The predicted octanol–water partition coefficient (Wildman–Crippen LogP) is 6.72. The quantitative estimate of drug-likeness (QED) is 0.0247. The summed E-state index contributed by atoms with van der Waals surface area (Å²) in [5, 5.41) is 30.7. The van der Waals surface area contributed by atoms with E-state index in [1.807, 2.05) is 0 Å². The highest BCUT2D eigenvalue weighted by Gasteiger charge is 2.46. The fourth-order valence-corrected chi connectivity index (χ4v) is 6.65. The van der Waals surface area contributed by atoms with Crippen LogP contribution in [-0.2, 0) is 38.7 Å². The summed E-state index contributed by atoms with van der Waals surface area (Å²) in [5.41, 5.74) is 0. The topological polar surface area (TPSA) is 186 Å². The molecule has 1 heterocycles. The van der Waals surface area contributed by atoms with E-state index < -0.39 is 71.2 Å². The van der Waals surface area contributed by atoms with Gasteiger partial charge in [0, 0.05) is 12.8 Å². The summed E-state index contributed by atoms with van der Waals surface area (Å²) in [5.74, 6) is -1.99. The highest BCUT2D eigenvalue weighted by molar-refractivity contribution is 7.85. The SMILES string of the molecule is CCCCCCC/C=C\CCCCCCCC(=O)OC(COC(=O)CCCCCCCCCCC)COC1OC(CS(=O)(=O)O)C(O)C(O)C1O. The zero-order chi connectivity index (χ0) is 37.7.